The maximum absolute atomic E-state index is 13.5. The monoisotopic (exact) mass is 542 g/mol. The molecule has 0 aromatic heterocycles. The first-order valence-electron chi connectivity index (χ1n) is 11.7. The molecule has 1 aliphatic heterocycles. The van der Waals surface area contributed by atoms with E-state index < -0.39 is 11.7 Å². The van der Waals surface area contributed by atoms with Gasteiger partial charge in [-0.3, -0.25) is 4.90 Å². The third kappa shape index (κ3) is 6.21. The van der Waals surface area contributed by atoms with Crippen LogP contribution in [0.5, 0.6) is 11.5 Å². The smallest absolute Gasteiger partial charge is 0.416 e. The molecule has 0 radical (unpaired) electrons. The van der Waals surface area contributed by atoms with Gasteiger partial charge in [-0.15, -0.1) is 0 Å². The number of alkyl halides is 3. The normalized spacial score (nSPS) is 16.2. The molecule has 1 fully saturated rings. The van der Waals surface area contributed by atoms with E-state index in [0.717, 1.165) is 17.3 Å². The van der Waals surface area contributed by atoms with E-state index in [1.54, 1.807) is 30.3 Å². The van der Waals surface area contributed by atoms with Crippen molar-refractivity contribution in [3.63, 3.8) is 0 Å². The Balaban J connectivity index is 1.41. The molecule has 190 valence electrons. The van der Waals surface area contributed by atoms with Crippen LogP contribution in [0, 0.1) is 0 Å². The highest BCUT2D eigenvalue weighted by molar-refractivity contribution is 6.30. The number of benzene rings is 4. The van der Waals surface area contributed by atoms with Gasteiger partial charge in [0.2, 0.25) is 0 Å². The summed E-state index contributed by atoms with van der Waals surface area (Å²) in [6.45, 7) is 1.79. The fraction of sp³-hybridized carbons (Fsp3) is 0.172. The lowest BCUT2D eigenvalue weighted by Gasteiger charge is -2.27. The van der Waals surface area contributed by atoms with E-state index in [2.05, 4.69) is 9.80 Å². The van der Waals surface area contributed by atoms with Crippen LogP contribution in [0.15, 0.2) is 97.1 Å². The van der Waals surface area contributed by atoms with E-state index in [0.29, 0.717) is 46.9 Å². The highest BCUT2D eigenvalue weighted by Gasteiger charge is 2.35. The summed E-state index contributed by atoms with van der Waals surface area (Å²) in [5, 5.41) is 1.29. The SMILES string of the molecule is FC(F)(F)c1cccc(C2CN(Cc3ccc(Cl)cc3)CN2c2ccc(Oc3ccc(Cl)cc3)cc2)c1. The summed E-state index contributed by atoms with van der Waals surface area (Å²) in [6, 6.07) is 27.6. The average molecular weight is 543 g/mol. The Morgan fingerprint density at radius 1 is 0.784 bits per heavy atom. The van der Waals surface area contributed by atoms with Gasteiger partial charge in [-0.25, -0.2) is 0 Å². The molecule has 0 bridgehead atoms. The van der Waals surface area contributed by atoms with Crippen molar-refractivity contribution in [2.75, 3.05) is 18.1 Å². The third-order valence-electron chi connectivity index (χ3n) is 6.30. The van der Waals surface area contributed by atoms with Crippen LogP contribution >= 0.6 is 23.2 Å². The van der Waals surface area contributed by atoms with Crippen LogP contribution in [-0.2, 0) is 12.7 Å². The molecule has 1 aliphatic rings. The first-order chi connectivity index (χ1) is 17.7. The second-order valence-corrected chi connectivity index (χ2v) is 9.81. The minimum absolute atomic E-state index is 0.252. The van der Waals surface area contributed by atoms with Crippen LogP contribution < -0.4 is 9.64 Å². The quantitative estimate of drug-likeness (QED) is 0.242. The van der Waals surface area contributed by atoms with Crippen molar-refractivity contribution in [3.8, 4) is 11.5 Å². The Hall–Kier alpha value is -3.19. The van der Waals surface area contributed by atoms with Crippen molar-refractivity contribution >= 4 is 28.9 Å². The summed E-state index contributed by atoms with van der Waals surface area (Å²) in [5.74, 6) is 1.31. The van der Waals surface area contributed by atoms with Gasteiger partial charge < -0.3 is 9.64 Å². The van der Waals surface area contributed by atoms with Crippen molar-refractivity contribution in [1.82, 2.24) is 4.90 Å². The predicted molar refractivity (Wildman–Crippen MR) is 141 cm³/mol. The van der Waals surface area contributed by atoms with Gasteiger partial charge in [0.1, 0.15) is 11.5 Å². The number of hydrogen-bond donors (Lipinski definition) is 0. The molecular weight excluding hydrogens is 520 g/mol. The minimum atomic E-state index is -4.40. The molecule has 0 aliphatic carbocycles. The van der Waals surface area contributed by atoms with E-state index in [-0.39, 0.29) is 6.04 Å². The van der Waals surface area contributed by atoms with Crippen LogP contribution in [0.2, 0.25) is 10.0 Å². The maximum atomic E-state index is 13.5. The average Bonchev–Trinajstić information content (AvgIpc) is 3.31. The molecule has 4 aromatic rings. The Morgan fingerprint density at radius 2 is 1.38 bits per heavy atom. The van der Waals surface area contributed by atoms with E-state index in [9.17, 15) is 13.2 Å². The number of anilines is 1. The Morgan fingerprint density at radius 3 is 2.00 bits per heavy atom. The lowest BCUT2D eigenvalue weighted by atomic mass is 10.0. The minimum Gasteiger partial charge on any atom is -0.457 e. The topological polar surface area (TPSA) is 15.7 Å². The third-order valence-corrected chi connectivity index (χ3v) is 6.80. The number of nitrogens with zero attached hydrogens (tertiary/aromatic N) is 2. The zero-order valence-corrected chi connectivity index (χ0v) is 21.1. The molecule has 0 N–H and O–H groups in total. The van der Waals surface area contributed by atoms with E-state index in [1.165, 1.54) is 12.1 Å². The zero-order chi connectivity index (χ0) is 26.0. The van der Waals surface area contributed by atoms with E-state index in [4.69, 9.17) is 27.9 Å². The molecular formula is C29H23Cl2F3N2O. The van der Waals surface area contributed by atoms with Gasteiger partial charge >= 0.3 is 6.18 Å². The maximum Gasteiger partial charge on any atom is 0.416 e. The molecule has 0 spiro atoms. The summed E-state index contributed by atoms with van der Waals surface area (Å²) < 4.78 is 46.3. The highest BCUT2D eigenvalue weighted by atomic mass is 35.5. The largest absolute Gasteiger partial charge is 0.457 e. The molecule has 1 atom stereocenters. The number of ether oxygens (including phenoxy) is 1. The lowest BCUT2D eigenvalue weighted by Crippen LogP contribution is -2.26. The van der Waals surface area contributed by atoms with Gasteiger partial charge in [-0.2, -0.15) is 13.2 Å². The zero-order valence-electron chi connectivity index (χ0n) is 19.6. The van der Waals surface area contributed by atoms with Crippen molar-refractivity contribution < 1.29 is 17.9 Å². The number of halogens is 5. The lowest BCUT2D eigenvalue weighted by molar-refractivity contribution is -0.137. The van der Waals surface area contributed by atoms with E-state index in [1.807, 2.05) is 48.5 Å². The molecule has 37 heavy (non-hydrogen) atoms. The summed E-state index contributed by atoms with van der Waals surface area (Å²) in [4.78, 5) is 4.34. The molecule has 1 unspecified atom stereocenters. The second-order valence-electron chi connectivity index (χ2n) is 8.94. The summed E-state index contributed by atoms with van der Waals surface area (Å²) in [6.07, 6.45) is -4.40. The molecule has 1 saturated heterocycles. The van der Waals surface area contributed by atoms with Crippen molar-refractivity contribution in [2.45, 2.75) is 18.8 Å². The van der Waals surface area contributed by atoms with Gasteiger partial charge in [0, 0.05) is 28.8 Å². The van der Waals surface area contributed by atoms with Crippen LogP contribution in [0.25, 0.3) is 0 Å². The molecule has 0 saturated carbocycles. The van der Waals surface area contributed by atoms with Gasteiger partial charge in [0.15, 0.2) is 0 Å². The summed E-state index contributed by atoms with van der Waals surface area (Å²) >= 11 is 12.0. The first kappa shape index (κ1) is 25.5. The number of rotatable bonds is 6. The van der Waals surface area contributed by atoms with Crippen LogP contribution in [-0.4, -0.2) is 18.1 Å². The molecule has 3 nitrogen and oxygen atoms in total. The summed E-state index contributed by atoms with van der Waals surface area (Å²) in [7, 11) is 0. The number of hydrogen-bond acceptors (Lipinski definition) is 3. The van der Waals surface area contributed by atoms with Crippen molar-refractivity contribution in [1.29, 1.82) is 0 Å². The Bertz CT molecular complexity index is 1340. The molecule has 8 heteroatoms. The highest BCUT2D eigenvalue weighted by Crippen LogP contribution is 2.37. The fourth-order valence-corrected chi connectivity index (χ4v) is 4.74. The molecule has 0 amide bonds. The van der Waals surface area contributed by atoms with Crippen LogP contribution in [0.3, 0.4) is 0 Å². The standard InChI is InChI=1S/C29H23Cl2F3N2O/c30-23-6-4-20(5-7-23)17-35-18-28(21-2-1-3-22(16-21)29(32,33)34)36(19-35)25-10-14-27(15-11-25)37-26-12-8-24(31)9-13-26/h1-16,28H,17-19H2. The Labute approximate surface area is 223 Å². The van der Waals surface area contributed by atoms with E-state index >= 15 is 0 Å². The summed E-state index contributed by atoms with van der Waals surface area (Å²) in [5.41, 5.74) is 1.95. The molecule has 5 rings (SSSR count). The van der Waals surface area contributed by atoms with Gasteiger partial charge in [-0.1, -0.05) is 47.5 Å². The van der Waals surface area contributed by atoms with Crippen molar-refractivity contribution in [2.24, 2.45) is 0 Å². The van der Waals surface area contributed by atoms with Crippen molar-refractivity contribution in [3.05, 3.63) is 124 Å². The first-order valence-corrected chi connectivity index (χ1v) is 12.4. The molecule has 4 aromatic carbocycles. The van der Waals surface area contributed by atoms with Gasteiger partial charge in [-0.05, 0) is 83.9 Å². The van der Waals surface area contributed by atoms with Crippen LogP contribution in [0.4, 0.5) is 18.9 Å². The van der Waals surface area contributed by atoms with Gasteiger partial charge in [0.25, 0.3) is 0 Å². The Kier molecular flexibility index (Phi) is 7.33. The predicted octanol–water partition coefficient (Wildman–Crippen LogP) is 8.83. The molecule has 1 heterocycles. The van der Waals surface area contributed by atoms with Gasteiger partial charge in [0.05, 0.1) is 18.3 Å². The fourth-order valence-electron chi connectivity index (χ4n) is 4.49. The second kappa shape index (κ2) is 10.7. The van der Waals surface area contributed by atoms with Crippen LogP contribution in [0.1, 0.15) is 22.7 Å².